The molecule has 0 bridgehead atoms. The van der Waals surface area contributed by atoms with Gasteiger partial charge in [-0.1, -0.05) is 0 Å². The van der Waals surface area contributed by atoms with E-state index < -0.39 is 11.9 Å². The number of methoxy groups -OCH3 is 3. The standard InChI is InChI=1S/C21H28N2O5S/c1-11-8-16(14(4)29-11)12(2)22-20(24)13(3)23-21(25)15-9-17(26-5)19(28-7)18(10-15)27-6/h8-10,12-13H,1-7H3,(H,22,24)(H,23,25). The van der Waals surface area contributed by atoms with Gasteiger partial charge in [0.1, 0.15) is 6.04 Å². The minimum absolute atomic E-state index is 0.145. The molecule has 0 radical (unpaired) electrons. The Kier molecular flexibility index (Phi) is 7.50. The van der Waals surface area contributed by atoms with E-state index in [1.807, 2.05) is 20.8 Å². The predicted octanol–water partition coefficient (Wildman–Crippen LogP) is 3.39. The number of carbonyl (C=O) groups is 2. The number of rotatable bonds is 8. The number of hydrogen-bond donors (Lipinski definition) is 2. The zero-order chi connectivity index (χ0) is 21.7. The third-order valence-corrected chi connectivity index (χ3v) is 5.55. The minimum atomic E-state index is -0.718. The van der Waals surface area contributed by atoms with Gasteiger partial charge in [0, 0.05) is 15.3 Å². The van der Waals surface area contributed by atoms with Crippen LogP contribution in [0.1, 0.15) is 45.6 Å². The Balaban J connectivity index is 2.09. The average Bonchev–Trinajstić information content (AvgIpc) is 3.04. The first-order valence-electron chi connectivity index (χ1n) is 9.20. The van der Waals surface area contributed by atoms with E-state index >= 15 is 0 Å². The molecule has 2 atom stereocenters. The monoisotopic (exact) mass is 420 g/mol. The Morgan fingerprint density at radius 1 is 0.931 bits per heavy atom. The third kappa shape index (κ3) is 5.20. The summed E-state index contributed by atoms with van der Waals surface area (Å²) in [5.74, 6) is 0.452. The van der Waals surface area contributed by atoms with Crippen LogP contribution in [0.3, 0.4) is 0 Å². The number of nitrogens with one attached hydrogen (secondary N) is 2. The van der Waals surface area contributed by atoms with Gasteiger partial charge in [0.2, 0.25) is 11.7 Å². The van der Waals surface area contributed by atoms with Crippen molar-refractivity contribution in [3.05, 3.63) is 39.1 Å². The molecule has 2 unspecified atom stereocenters. The van der Waals surface area contributed by atoms with Gasteiger partial charge in [0.25, 0.3) is 5.91 Å². The maximum absolute atomic E-state index is 12.7. The van der Waals surface area contributed by atoms with Gasteiger partial charge in [-0.05, 0) is 51.5 Å². The highest BCUT2D eigenvalue weighted by Crippen LogP contribution is 2.38. The van der Waals surface area contributed by atoms with Crippen LogP contribution in [-0.2, 0) is 4.79 Å². The molecule has 1 aromatic carbocycles. The van der Waals surface area contributed by atoms with Crippen molar-refractivity contribution in [1.29, 1.82) is 0 Å². The van der Waals surface area contributed by atoms with Crippen LogP contribution in [0.5, 0.6) is 17.2 Å². The van der Waals surface area contributed by atoms with Gasteiger partial charge in [-0.25, -0.2) is 0 Å². The molecule has 0 fully saturated rings. The fraction of sp³-hybridized carbons (Fsp3) is 0.429. The van der Waals surface area contributed by atoms with Gasteiger partial charge in [0.15, 0.2) is 11.5 Å². The zero-order valence-corrected chi connectivity index (χ0v) is 18.7. The second-order valence-corrected chi connectivity index (χ2v) is 8.17. The zero-order valence-electron chi connectivity index (χ0n) is 17.8. The second kappa shape index (κ2) is 9.65. The summed E-state index contributed by atoms with van der Waals surface area (Å²) >= 11 is 1.70. The minimum Gasteiger partial charge on any atom is -0.493 e. The predicted molar refractivity (Wildman–Crippen MR) is 113 cm³/mol. The van der Waals surface area contributed by atoms with Crippen LogP contribution in [0.2, 0.25) is 0 Å². The molecule has 2 N–H and O–H groups in total. The van der Waals surface area contributed by atoms with Crippen molar-refractivity contribution >= 4 is 23.2 Å². The molecule has 29 heavy (non-hydrogen) atoms. The van der Waals surface area contributed by atoms with E-state index in [1.165, 1.54) is 31.1 Å². The molecule has 2 amide bonds. The van der Waals surface area contributed by atoms with Crippen molar-refractivity contribution in [2.24, 2.45) is 0 Å². The van der Waals surface area contributed by atoms with Crippen LogP contribution >= 0.6 is 11.3 Å². The molecule has 0 aliphatic rings. The van der Waals surface area contributed by atoms with E-state index in [1.54, 1.807) is 30.4 Å². The molecule has 0 spiro atoms. The van der Waals surface area contributed by atoms with Crippen LogP contribution in [0.4, 0.5) is 0 Å². The fourth-order valence-electron chi connectivity index (χ4n) is 3.05. The van der Waals surface area contributed by atoms with Crippen molar-refractivity contribution in [2.45, 2.75) is 39.8 Å². The third-order valence-electron chi connectivity index (χ3n) is 4.57. The summed E-state index contributed by atoms with van der Waals surface area (Å²) in [5, 5.41) is 5.67. The van der Waals surface area contributed by atoms with Gasteiger partial charge in [-0.2, -0.15) is 0 Å². The first-order valence-corrected chi connectivity index (χ1v) is 10.0. The molecular formula is C21H28N2O5S. The van der Waals surface area contributed by atoms with Gasteiger partial charge >= 0.3 is 0 Å². The number of hydrogen-bond acceptors (Lipinski definition) is 6. The molecule has 1 aromatic heterocycles. The Morgan fingerprint density at radius 2 is 1.52 bits per heavy atom. The van der Waals surface area contributed by atoms with Crippen molar-refractivity contribution in [1.82, 2.24) is 10.6 Å². The number of carbonyl (C=O) groups excluding carboxylic acids is 2. The fourth-order valence-corrected chi connectivity index (χ4v) is 4.08. The quantitative estimate of drug-likeness (QED) is 0.684. The number of benzene rings is 1. The van der Waals surface area contributed by atoms with Gasteiger partial charge in [-0.3, -0.25) is 9.59 Å². The highest BCUT2D eigenvalue weighted by atomic mass is 32.1. The van der Waals surface area contributed by atoms with Crippen LogP contribution in [0.15, 0.2) is 18.2 Å². The van der Waals surface area contributed by atoms with Crippen molar-refractivity contribution in [3.8, 4) is 17.2 Å². The average molecular weight is 421 g/mol. The summed E-state index contributed by atoms with van der Waals surface area (Å²) in [6.45, 7) is 7.64. The topological polar surface area (TPSA) is 85.9 Å². The summed E-state index contributed by atoms with van der Waals surface area (Å²) < 4.78 is 15.8. The summed E-state index contributed by atoms with van der Waals surface area (Å²) in [4.78, 5) is 27.6. The molecular weight excluding hydrogens is 392 g/mol. The summed E-state index contributed by atoms with van der Waals surface area (Å²) in [7, 11) is 4.44. The summed E-state index contributed by atoms with van der Waals surface area (Å²) in [6, 6.07) is 4.30. The lowest BCUT2D eigenvalue weighted by molar-refractivity contribution is -0.123. The Hall–Kier alpha value is -2.74. The van der Waals surface area contributed by atoms with E-state index in [4.69, 9.17) is 14.2 Å². The van der Waals surface area contributed by atoms with E-state index in [9.17, 15) is 9.59 Å². The number of ether oxygens (including phenoxy) is 3. The number of amides is 2. The van der Waals surface area contributed by atoms with Gasteiger partial charge in [-0.15, -0.1) is 11.3 Å². The molecule has 1 heterocycles. The molecule has 8 heteroatoms. The lowest BCUT2D eigenvalue weighted by Gasteiger charge is -2.19. The SMILES string of the molecule is COc1cc(C(=O)NC(C)C(=O)NC(C)c2cc(C)sc2C)cc(OC)c1OC. The molecule has 0 saturated carbocycles. The molecule has 158 valence electrons. The van der Waals surface area contributed by atoms with Crippen molar-refractivity contribution < 1.29 is 23.8 Å². The number of thiophene rings is 1. The van der Waals surface area contributed by atoms with Crippen molar-refractivity contribution in [3.63, 3.8) is 0 Å². The highest BCUT2D eigenvalue weighted by Gasteiger charge is 2.22. The summed E-state index contributed by atoms with van der Waals surface area (Å²) in [6.07, 6.45) is 0. The highest BCUT2D eigenvalue weighted by molar-refractivity contribution is 7.12. The van der Waals surface area contributed by atoms with E-state index in [-0.39, 0.29) is 11.9 Å². The Labute approximate surface area is 175 Å². The van der Waals surface area contributed by atoms with E-state index in [2.05, 4.69) is 16.7 Å². The largest absolute Gasteiger partial charge is 0.493 e. The van der Waals surface area contributed by atoms with Crippen LogP contribution < -0.4 is 24.8 Å². The lowest BCUT2D eigenvalue weighted by atomic mass is 10.1. The lowest BCUT2D eigenvalue weighted by Crippen LogP contribution is -2.45. The maximum atomic E-state index is 12.7. The Morgan fingerprint density at radius 3 is 1.97 bits per heavy atom. The van der Waals surface area contributed by atoms with Crippen LogP contribution in [0.25, 0.3) is 0 Å². The molecule has 0 aliphatic heterocycles. The van der Waals surface area contributed by atoms with E-state index in [0.29, 0.717) is 22.8 Å². The van der Waals surface area contributed by atoms with Gasteiger partial charge in [0.05, 0.1) is 27.4 Å². The van der Waals surface area contributed by atoms with E-state index in [0.717, 1.165) is 5.56 Å². The van der Waals surface area contributed by atoms with Gasteiger partial charge < -0.3 is 24.8 Å². The smallest absolute Gasteiger partial charge is 0.252 e. The second-order valence-electron chi connectivity index (χ2n) is 6.71. The molecule has 0 saturated heterocycles. The van der Waals surface area contributed by atoms with Crippen LogP contribution in [0, 0.1) is 13.8 Å². The summed E-state index contributed by atoms with van der Waals surface area (Å²) in [5.41, 5.74) is 1.39. The molecule has 7 nitrogen and oxygen atoms in total. The van der Waals surface area contributed by atoms with Crippen LogP contribution in [-0.4, -0.2) is 39.2 Å². The first-order chi connectivity index (χ1) is 13.7. The maximum Gasteiger partial charge on any atom is 0.252 e. The normalized spacial score (nSPS) is 12.7. The first kappa shape index (κ1) is 22.5. The Bertz CT molecular complexity index is 868. The number of aryl methyl sites for hydroxylation is 2. The van der Waals surface area contributed by atoms with Crippen molar-refractivity contribution in [2.75, 3.05) is 21.3 Å². The molecule has 0 aliphatic carbocycles. The molecule has 2 aromatic rings. The molecule has 2 rings (SSSR count).